The summed E-state index contributed by atoms with van der Waals surface area (Å²) >= 11 is 6.30. The highest BCUT2D eigenvalue weighted by Crippen LogP contribution is 2.40. The van der Waals surface area contributed by atoms with Gasteiger partial charge < -0.3 is 24.4 Å². The number of carbonyl (C=O) groups is 1. The Morgan fingerprint density at radius 2 is 1.96 bits per heavy atom. The van der Waals surface area contributed by atoms with Crippen molar-refractivity contribution < 1.29 is 19.0 Å². The molecule has 0 saturated carbocycles. The van der Waals surface area contributed by atoms with E-state index >= 15 is 0 Å². The van der Waals surface area contributed by atoms with E-state index in [4.69, 9.17) is 25.8 Å². The molecule has 0 aromatic heterocycles. The Morgan fingerprint density at radius 3 is 2.59 bits per heavy atom. The van der Waals surface area contributed by atoms with Crippen LogP contribution in [0.5, 0.6) is 11.5 Å². The number of methoxy groups -OCH3 is 1. The summed E-state index contributed by atoms with van der Waals surface area (Å²) in [5, 5.41) is 3.48. The van der Waals surface area contributed by atoms with E-state index in [1.54, 1.807) is 7.11 Å². The van der Waals surface area contributed by atoms with Gasteiger partial charge >= 0.3 is 6.03 Å². The molecule has 2 aliphatic rings. The molecule has 2 heterocycles. The molecular weight excluding hydrogens is 368 g/mol. The Balaban J connectivity index is 1.54. The van der Waals surface area contributed by atoms with Gasteiger partial charge in [-0.25, -0.2) is 4.79 Å². The minimum absolute atomic E-state index is 0.0270. The first-order valence-electron chi connectivity index (χ1n) is 9.66. The fourth-order valence-electron chi connectivity index (χ4n) is 3.94. The van der Waals surface area contributed by atoms with E-state index in [0.29, 0.717) is 35.1 Å². The summed E-state index contributed by atoms with van der Waals surface area (Å²) < 4.78 is 16.4. The number of halogens is 1. The second-order valence-corrected chi connectivity index (χ2v) is 7.71. The quantitative estimate of drug-likeness (QED) is 0.821. The van der Waals surface area contributed by atoms with Crippen LogP contribution in [0.25, 0.3) is 0 Å². The van der Waals surface area contributed by atoms with E-state index in [1.165, 1.54) is 0 Å². The third kappa shape index (κ3) is 4.79. The Morgan fingerprint density at radius 1 is 1.26 bits per heavy atom. The summed E-state index contributed by atoms with van der Waals surface area (Å²) in [7, 11) is 1.58. The van der Waals surface area contributed by atoms with Gasteiger partial charge in [-0.1, -0.05) is 11.6 Å². The smallest absolute Gasteiger partial charge is 0.317 e. The molecule has 0 unspecified atom stereocenters. The lowest BCUT2D eigenvalue weighted by molar-refractivity contribution is -0.0145. The first-order chi connectivity index (χ1) is 13.1. The number of amides is 2. The SMILES string of the molecule is CCOc1c(Cl)cc(CNC(=O)N2CCC3(CCOCC3)CC2)cc1OC. The standard InChI is InChI=1S/C20H29ClN2O4/c1-3-27-18-16(21)12-15(13-17(18)25-2)14-22-19(24)23-8-4-20(5-9-23)6-10-26-11-7-20/h12-13H,3-11,14H2,1-2H3,(H,22,24). The molecule has 2 fully saturated rings. The van der Waals surface area contributed by atoms with Crippen molar-refractivity contribution in [3.05, 3.63) is 22.7 Å². The van der Waals surface area contributed by atoms with Gasteiger partial charge in [-0.3, -0.25) is 0 Å². The predicted molar refractivity (Wildman–Crippen MR) is 105 cm³/mol. The molecule has 6 nitrogen and oxygen atoms in total. The lowest BCUT2D eigenvalue weighted by atomic mass is 9.72. The number of rotatable bonds is 5. The molecule has 2 aliphatic heterocycles. The van der Waals surface area contributed by atoms with Crippen molar-refractivity contribution in [3.63, 3.8) is 0 Å². The van der Waals surface area contributed by atoms with Crippen molar-refractivity contribution >= 4 is 17.6 Å². The maximum absolute atomic E-state index is 12.6. The van der Waals surface area contributed by atoms with Crippen LogP contribution in [0.1, 0.15) is 38.2 Å². The van der Waals surface area contributed by atoms with Crippen LogP contribution >= 0.6 is 11.6 Å². The number of nitrogens with one attached hydrogen (secondary N) is 1. The summed E-state index contributed by atoms with van der Waals surface area (Å²) in [6.45, 7) is 6.12. The number of ether oxygens (including phenoxy) is 3. The molecule has 2 amide bonds. The van der Waals surface area contributed by atoms with Crippen molar-refractivity contribution in [3.8, 4) is 11.5 Å². The van der Waals surface area contributed by atoms with E-state index in [2.05, 4.69) is 5.32 Å². The van der Waals surface area contributed by atoms with Crippen molar-refractivity contribution in [1.29, 1.82) is 0 Å². The fourth-order valence-corrected chi connectivity index (χ4v) is 4.23. The third-order valence-corrected chi connectivity index (χ3v) is 5.97. The summed E-state index contributed by atoms with van der Waals surface area (Å²) in [5.41, 5.74) is 1.26. The lowest BCUT2D eigenvalue weighted by Gasteiger charge is -2.44. The van der Waals surface area contributed by atoms with E-state index in [-0.39, 0.29) is 6.03 Å². The van der Waals surface area contributed by atoms with E-state index < -0.39 is 0 Å². The number of piperidine rings is 1. The molecule has 7 heteroatoms. The maximum Gasteiger partial charge on any atom is 0.317 e. The molecule has 27 heavy (non-hydrogen) atoms. The van der Waals surface area contributed by atoms with Gasteiger partial charge in [-0.2, -0.15) is 0 Å². The topological polar surface area (TPSA) is 60.0 Å². The molecule has 1 spiro atoms. The van der Waals surface area contributed by atoms with Crippen LogP contribution in [0.2, 0.25) is 5.02 Å². The molecular formula is C20H29ClN2O4. The second-order valence-electron chi connectivity index (χ2n) is 7.30. The highest BCUT2D eigenvalue weighted by molar-refractivity contribution is 6.32. The lowest BCUT2D eigenvalue weighted by Crippen LogP contribution is -2.48. The van der Waals surface area contributed by atoms with Gasteiger partial charge in [0, 0.05) is 32.8 Å². The van der Waals surface area contributed by atoms with Crippen LogP contribution in [0, 0.1) is 5.41 Å². The normalized spacial score (nSPS) is 19.0. The van der Waals surface area contributed by atoms with E-state index in [9.17, 15) is 4.79 Å². The third-order valence-electron chi connectivity index (χ3n) is 5.69. The van der Waals surface area contributed by atoms with Gasteiger partial charge in [0.25, 0.3) is 0 Å². The van der Waals surface area contributed by atoms with Crippen LogP contribution < -0.4 is 14.8 Å². The maximum atomic E-state index is 12.6. The highest BCUT2D eigenvalue weighted by atomic mass is 35.5. The van der Waals surface area contributed by atoms with Crippen molar-refractivity contribution in [2.75, 3.05) is 40.0 Å². The zero-order chi connectivity index (χ0) is 19.3. The van der Waals surface area contributed by atoms with Gasteiger partial charge in [0.15, 0.2) is 11.5 Å². The number of nitrogens with zero attached hydrogens (tertiary/aromatic N) is 1. The highest BCUT2D eigenvalue weighted by Gasteiger charge is 2.37. The van der Waals surface area contributed by atoms with Crippen molar-refractivity contribution in [1.82, 2.24) is 10.2 Å². The molecule has 0 radical (unpaired) electrons. The first kappa shape index (κ1) is 20.1. The molecule has 0 bridgehead atoms. The van der Waals surface area contributed by atoms with Crippen LogP contribution in [0.15, 0.2) is 12.1 Å². The van der Waals surface area contributed by atoms with Crippen molar-refractivity contribution in [2.24, 2.45) is 5.41 Å². The molecule has 1 N–H and O–H groups in total. The van der Waals surface area contributed by atoms with E-state index in [0.717, 1.165) is 57.6 Å². The minimum atomic E-state index is -0.0270. The molecule has 2 saturated heterocycles. The van der Waals surface area contributed by atoms with Crippen LogP contribution in [-0.2, 0) is 11.3 Å². The number of benzene rings is 1. The van der Waals surface area contributed by atoms with Gasteiger partial charge in [-0.05, 0) is 55.7 Å². The van der Waals surface area contributed by atoms with Gasteiger partial charge in [-0.15, -0.1) is 0 Å². The van der Waals surface area contributed by atoms with Gasteiger partial charge in [0.05, 0.1) is 18.7 Å². The number of urea groups is 1. The average Bonchev–Trinajstić information content (AvgIpc) is 2.69. The number of carbonyl (C=O) groups excluding carboxylic acids is 1. The Labute approximate surface area is 166 Å². The molecule has 0 atom stereocenters. The number of hydrogen-bond donors (Lipinski definition) is 1. The fraction of sp³-hybridized carbons (Fsp3) is 0.650. The van der Waals surface area contributed by atoms with Crippen molar-refractivity contribution in [2.45, 2.75) is 39.2 Å². The second kappa shape index (κ2) is 9.02. The Kier molecular flexibility index (Phi) is 6.71. The Hall–Kier alpha value is -1.66. The first-order valence-corrected chi connectivity index (χ1v) is 10.0. The predicted octanol–water partition coefficient (Wildman–Crippen LogP) is 3.85. The molecule has 1 aromatic carbocycles. The zero-order valence-electron chi connectivity index (χ0n) is 16.2. The molecule has 150 valence electrons. The minimum Gasteiger partial charge on any atom is -0.493 e. The van der Waals surface area contributed by atoms with Gasteiger partial charge in [0.1, 0.15) is 0 Å². The monoisotopic (exact) mass is 396 g/mol. The zero-order valence-corrected chi connectivity index (χ0v) is 16.9. The summed E-state index contributed by atoms with van der Waals surface area (Å²) in [5.74, 6) is 1.11. The van der Waals surface area contributed by atoms with Crippen LogP contribution in [-0.4, -0.2) is 51.0 Å². The number of likely N-dealkylation sites (tertiary alicyclic amines) is 1. The largest absolute Gasteiger partial charge is 0.493 e. The molecule has 3 rings (SSSR count). The van der Waals surface area contributed by atoms with Crippen LogP contribution in [0.3, 0.4) is 0 Å². The average molecular weight is 397 g/mol. The Bertz CT molecular complexity index is 652. The number of hydrogen-bond acceptors (Lipinski definition) is 4. The van der Waals surface area contributed by atoms with Crippen LogP contribution in [0.4, 0.5) is 4.79 Å². The molecule has 1 aromatic rings. The molecule has 0 aliphatic carbocycles. The summed E-state index contributed by atoms with van der Waals surface area (Å²) in [4.78, 5) is 14.5. The van der Waals surface area contributed by atoms with E-state index in [1.807, 2.05) is 24.0 Å². The van der Waals surface area contributed by atoms with Gasteiger partial charge in [0.2, 0.25) is 0 Å². The summed E-state index contributed by atoms with van der Waals surface area (Å²) in [6, 6.07) is 3.63. The summed E-state index contributed by atoms with van der Waals surface area (Å²) in [6.07, 6.45) is 4.36.